The van der Waals surface area contributed by atoms with Gasteiger partial charge in [-0.2, -0.15) is 0 Å². The van der Waals surface area contributed by atoms with Gasteiger partial charge in [-0.3, -0.25) is 9.59 Å². The van der Waals surface area contributed by atoms with E-state index in [4.69, 9.17) is 14.6 Å². The van der Waals surface area contributed by atoms with Crippen LogP contribution in [-0.2, 0) is 14.3 Å². The van der Waals surface area contributed by atoms with E-state index in [1.54, 1.807) is 0 Å². The van der Waals surface area contributed by atoms with Crippen molar-refractivity contribution in [1.82, 2.24) is 4.90 Å². The molecule has 24 heavy (non-hydrogen) atoms. The molecule has 1 aliphatic heterocycles. The number of benzene rings is 1. The Morgan fingerprint density at radius 1 is 1.38 bits per heavy atom. The van der Waals surface area contributed by atoms with E-state index in [1.165, 1.54) is 11.0 Å². The summed E-state index contributed by atoms with van der Waals surface area (Å²) in [6.45, 7) is 1.03. The van der Waals surface area contributed by atoms with Gasteiger partial charge in [0.25, 0.3) is 0 Å². The molecule has 0 radical (unpaired) electrons. The summed E-state index contributed by atoms with van der Waals surface area (Å²) in [4.78, 5) is 24.6. The molecule has 1 aromatic rings. The third-order valence-corrected chi connectivity index (χ3v) is 3.64. The number of carbonyl (C=O) groups excluding carboxylic acids is 1. The van der Waals surface area contributed by atoms with Gasteiger partial charge in [0.15, 0.2) is 11.6 Å². The zero-order valence-corrected chi connectivity index (χ0v) is 13.0. The number of rotatable bonds is 7. The average Bonchev–Trinajstić information content (AvgIpc) is 2.53. The lowest BCUT2D eigenvalue weighted by molar-refractivity contribution is -0.146. The summed E-state index contributed by atoms with van der Waals surface area (Å²) in [5.74, 6) is -2.73. The molecule has 8 heteroatoms. The van der Waals surface area contributed by atoms with Gasteiger partial charge in [-0.05, 0) is 18.6 Å². The summed E-state index contributed by atoms with van der Waals surface area (Å²) in [6.07, 6.45) is 0.328. The van der Waals surface area contributed by atoms with Gasteiger partial charge in [-0.15, -0.1) is 0 Å². The van der Waals surface area contributed by atoms with Crippen molar-refractivity contribution in [3.05, 3.63) is 29.8 Å². The first kappa shape index (κ1) is 18.1. The van der Waals surface area contributed by atoms with E-state index in [0.717, 1.165) is 12.1 Å². The Hall–Kier alpha value is -2.22. The number of carbonyl (C=O) groups is 2. The predicted octanol–water partition coefficient (Wildman–Crippen LogP) is 1.83. The lowest BCUT2D eigenvalue weighted by Crippen LogP contribution is -2.49. The topological polar surface area (TPSA) is 76.1 Å². The average molecular weight is 343 g/mol. The van der Waals surface area contributed by atoms with Crippen molar-refractivity contribution in [2.24, 2.45) is 0 Å². The molecule has 6 nitrogen and oxygen atoms in total. The number of carboxylic acids is 1. The van der Waals surface area contributed by atoms with Crippen LogP contribution in [0.3, 0.4) is 0 Å². The molecule has 1 fully saturated rings. The molecule has 0 spiro atoms. The molecule has 1 unspecified atom stereocenters. The molecule has 1 N–H and O–H groups in total. The van der Waals surface area contributed by atoms with E-state index >= 15 is 0 Å². The molecule has 0 aromatic heterocycles. The third-order valence-electron chi connectivity index (χ3n) is 3.64. The van der Waals surface area contributed by atoms with Crippen LogP contribution < -0.4 is 4.74 Å². The number of ether oxygens (including phenoxy) is 2. The van der Waals surface area contributed by atoms with Crippen LogP contribution in [0, 0.1) is 11.6 Å². The fourth-order valence-electron chi connectivity index (χ4n) is 2.50. The Morgan fingerprint density at radius 3 is 2.88 bits per heavy atom. The smallest absolute Gasteiger partial charge is 0.305 e. The largest absolute Gasteiger partial charge is 0.491 e. The zero-order chi connectivity index (χ0) is 17.5. The Balaban J connectivity index is 1.78. The van der Waals surface area contributed by atoms with Crippen molar-refractivity contribution >= 4 is 11.9 Å². The minimum atomic E-state index is -0.988. The van der Waals surface area contributed by atoms with Crippen LogP contribution in [0.5, 0.6) is 5.75 Å². The van der Waals surface area contributed by atoms with Gasteiger partial charge in [0.05, 0.1) is 32.3 Å². The maximum absolute atomic E-state index is 13.4. The quantitative estimate of drug-likeness (QED) is 0.765. The van der Waals surface area contributed by atoms with Crippen LogP contribution in [0.2, 0.25) is 0 Å². The number of carboxylic acid groups (broad SMARTS) is 1. The summed E-state index contributed by atoms with van der Waals surface area (Å²) >= 11 is 0. The normalized spacial score (nSPS) is 17.6. The number of aliphatic carboxylic acids is 1. The number of hydrogen-bond donors (Lipinski definition) is 1. The molecular weight excluding hydrogens is 324 g/mol. The van der Waals surface area contributed by atoms with Crippen LogP contribution in [0.1, 0.15) is 19.3 Å². The second kappa shape index (κ2) is 8.58. The third kappa shape index (κ3) is 5.16. The molecule has 0 bridgehead atoms. The first-order valence-corrected chi connectivity index (χ1v) is 7.64. The predicted molar refractivity (Wildman–Crippen MR) is 79.7 cm³/mol. The Labute approximate surface area is 138 Å². The van der Waals surface area contributed by atoms with Crippen LogP contribution in [-0.4, -0.2) is 54.3 Å². The van der Waals surface area contributed by atoms with E-state index in [2.05, 4.69) is 0 Å². The summed E-state index contributed by atoms with van der Waals surface area (Å²) in [6, 6.07) is 2.54. The zero-order valence-electron chi connectivity index (χ0n) is 13.0. The van der Waals surface area contributed by atoms with Crippen molar-refractivity contribution in [3.8, 4) is 5.75 Å². The first-order valence-electron chi connectivity index (χ1n) is 7.64. The molecule has 1 saturated heterocycles. The second-order valence-electron chi connectivity index (χ2n) is 5.44. The highest BCUT2D eigenvalue weighted by molar-refractivity contribution is 5.77. The van der Waals surface area contributed by atoms with Gasteiger partial charge in [0.1, 0.15) is 5.82 Å². The van der Waals surface area contributed by atoms with Crippen LogP contribution in [0.25, 0.3) is 0 Å². The summed E-state index contributed by atoms with van der Waals surface area (Å²) in [5, 5.41) is 8.88. The van der Waals surface area contributed by atoms with E-state index in [9.17, 15) is 18.4 Å². The summed E-state index contributed by atoms with van der Waals surface area (Å²) in [5.41, 5.74) is 0. The molecule has 0 saturated carbocycles. The molecule has 2 rings (SSSR count). The standard InChI is InChI=1S/C16H19F2NO5/c17-11-3-4-14(13(18)8-11)24-6-1-2-15(20)19-5-7-23-10-12(19)9-16(21)22/h3-4,8,12H,1-2,5-7,9-10H2,(H,21,22). The van der Waals surface area contributed by atoms with Crippen molar-refractivity contribution < 1.29 is 33.0 Å². The maximum atomic E-state index is 13.4. The Bertz CT molecular complexity index is 596. The molecular formula is C16H19F2NO5. The van der Waals surface area contributed by atoms with Gasteiger partial charge >= 0.3 is 5.97 Å². The fraction of sp³-hybridized carbons (Fsp3) is 0.500. The first-order chi connectivity index (χ1) is 11.5. The molecule has 1 aromatic carbocycles. The minimum absolute atomic E-state index is 0.0704. The number of nitrogens with zero attached hydrogens (tertiary/aromatic N) is 1. The lowest BCUT2D eigenvalue weighted by atomic mass is 10.1. The number of morpholine rings is 1. The van der Waals surface area contributed by atoms with Gasteiger partial charge in [0, 0.05) is 19.0 Å². The van der Waals surface area contributed by atoms with Gasteiger partial charge in [0.2, 0.25) is 5.91 Å². The summed E-state index contributed by atoms with van der Waals surface area (Å²) in [7, 11) is 0. The molecule has 1 heterocycles. The van der Waals surface area contributed by atoms with Crippen LogP contribution in [0.4, 0.5) is 8.78 Å². The lowest BCUT2D eigenvalue weighted by Gasteiger charge is -2.34. The maximum Gasteiger partial charge on any atom is 0.305 e. The van der Waals surface area contributed by atoms with E-state index in [0.29, 0.717) is 19.6 Å². The van der Waals surface area contributed by atoms with Gasteiger partial charge in [-0.1, -0.05) is 0 Å². The van der Waals surface area contributed by atoms with Crippen molar-refractivity contribution in [2.45, 2.75) is 25.3 Å². The highest BCUT2D eigenvalue weighted by Crippen LogP contribution is 2.18. The number of halogens is 2. The molecule has 1 amide bonds. The highest BCUT2D eigenvalue weighted by atomic mass is 19.1. The van der Waals surface area contributed by atoms with Crippen LogP contribution in [0.15, 0.2) is 18.2 Å². The van der Waals surface area contributed by atoms with Crippen molar-refractivity contribution in [2.75, 3.05) is 26.4 Å². The summed E-state index contributed by atoms with van der Waals surface area (Å²) < 4.78 is 36.6. The Kier molecular flexibility index (Phi) is 6.48. The monoisotopic (exact) mass is 343 g/mol. The molecule has 1 atom stereocenters. The molecule has 0 aliphatic carbocycles. The van der Waals surface area contributed by atoms with E-state index < -0.39 is 23.6 Å². The Morgan fingerprint density at radius 2 is 2.17 bits per heavy atom. The van der Waals surface area contributed by atoms with Gasteiger partial charge in [-0.25, -0.2) is 8.78 Å². The van der Waals surface area contributed by atoms with Gasteiger partial charge < -0.3 is 19.5 Å². The van der Waals surface area contributed by atoms with Crippen molar-refractivity contribution in [3.63, 3.8) is 0 Å². The molecule has 132 valence electrons. The van der Waals surface area contributed by atoms with Crippen molar-refractivity contribution in [1.29, 1.82) is 0 Å². The van der Waals surface area contributed by atoms with Crippen LogP contribution >= 0.6 is 0 Å². The SMILES string of the molecule is O=C(O)CC1COCCN1C(=O)CCCOc1ccc(F)cc1F. The minimum Gasteiger partial charge on any atom is -0.491 e. The molecule has 1 aliphatic rings. The number of amides is 1. The number of hydrogen-bond acceptors (Lipinski definition) is 4. The van der Waals surface area contributed by atoms with E-state index in [1.807, 2.05) is 0 Å². The highest BCUT2D eigenvalue weighted by Gasteiger charge is 2.28. The fourth-order valence-corrected chi connectivity index (χ4v) is 2.50. The second-order valence-corrected chi connectivity index (χ2v) is 5.44. The van der Waals surface area contributed by atoms with E-state index in [-0.39, 0.29) is 37.7 Å².